The second kappa shape index (κ2) is 7.38. The van der Waals surface area contributed by atoms with E-state index in [-0.39, 0.29) is 5.41 Å². The maximum absolute atomic E-state index is 5.86. The second-order valence-electron chi connectivity index (χ2n) is 6.99. The molecule has 3 atom stereocenters. The minimum Gasteiger partial charge on any atom is -0.490 e. The van der Waals surface area contributed by atoms with Crippen LogP contribution >= 0.6 is 0 Å². The number of fused-ring (bicyclic) bond motifs is 1. The molecule has 6 nitrogen and oxygen atoms in total. The molecule has 3 rings (SSSR count). The fourth-order valence-corrected chi connectivity index (χ4v) is 3.84. The van der Waals surface area contributed by atoms with Gasteiger partial charge in [-0.15, -0.1) is 0 Å². The number of nitrogens with one attached hydrogen (secondary N) is 2. The number of nitrogens with zero attached hydrogens (tertiary/aromatic N) is 2. The number of hydrogen-bond acceptors (Lipinski definition) is 4. The zero-order chi connectivity index (χ0) is 17.0. The van der Waals surface area contributed by atoms with Crippen molar-refractivity contribution in [3.05, 3.63) is 24.5 Å². The summed E-state index contributed by atoms with van der Waals surface area (Å²) < 4.78 is 11.5. The molecule has 2 aliphatic rings. The fourth-order valence-electron chi connectivity index (χ4n) is 3.84. The first-order chi connectivity index (χ1) is 11.6. The molecule has 132 valence electrons. The van der Waals surface area contributed by atoms with Crippen LogP contribution in [0.1, 0.15) is 27.2 Å². The van der Waals surface area contributed by atoms with E-state index in [2.05, 4.69) is 41.4 Å². The molecule has 1 aliphatic carbocycles. The SMILES string of the molecule is CCNC(=NCCOc1cccnc1)NC1C2CCOC2C1(C)C. The lowest BCUT2D eigenvalue weighted by molar-refractivity contribution is -0.106. The van der Waals surface area contributed by atoms with Crippen molar-refractivity contribution in [1.82, 2.24) is 15.6 Å². The molecule has 1 saturated carbocycles. The van der Waals surface area contributed by atoms with Crippen molar-refractivity contribution in [3.63, 3.8) is 0 Å². The van der Waals surface area contributed by atoms with Gasteiger partial charge in [-0.1, -0.05) is 13.8 Å². The van der Waals surface area contributed by atoms with Crippen LogP contribution in [0.4, 0.5) is 0 Å². The molecule has 1 saturated heterocycles. The highest BCUT2D eigenvalue weighted by molar-refractivity contribution is 5.80. The molecule has 1 aromatic heterocycles. The summed E-state index contributed by atoms with van der Waals surface area (Å²) in [5.41, 5.74) is 0.142. The van der Waals surface area contributed by atoms with E-state index in [0.29, 0.717) is 31.2 Å². The van der Waals surface area contributed by atoms with Crippen LogP contribution in [0.3, 0.4) is 0 Å². The van der Waals surface area contributed by atoms with Gasteiger partial charge in [0.05, 0.1) is 18.8 Å². The summed E-state index contributed by atoms with van der Waals surface area (Å²) in [6.45, 7) is 9.47. The first-order valence-corrected chi connectivity index (χ1v) is 8.82. The van der Waals surface area contributed by atoms with E-state index in [1.165, 1.54) is 0 Å². The number of rotatable bonds is 6. The molecule has 6 heteroatoms. The van der Waals surface area contributed by atoms with E-state index in [1.807, 2.05) is 12.1 Å². The third-order valence-electron chi connectivity index (χ3n) is 5.00. The van der Waals surface area contributed by atoms with Crippen LogP contribution in [0, 0.1) is 11.3 Å². The summed E-state index contributed by atoms with van der Waals surface area (Å²) in [5, 5.41) is 6.93. The number of guanidine groups is 1. The lowest BCUT2D eigenvalue weighted by Crippen LogP contribution is -2.68. The van der Waals surface area contributed by atoms with Gasteiger partial charge in [-0.05, 0) is 25.5 Å². The molecule has 0 amide bonds. The molecule has 0 spiro atoms. The average molecular weight is 332 g/mol. The highest BCUT2D eigenvalue weighted by Crippen LogP contribution is 2.52. The van der Waals surface area contributed by atoms with Crippen LogP contribution in [0.5, 0.6) is 5.75 Å². The van der Waals surface area contributed by atoms with Crippen LogP contribution < -0.4 is 15.4 Å². The molecular weight excluding hydrogens is 304 g/mol. The maximum atomic E-state index is 5.86. The fraction of sp³-hybridized carbons (Fsp3) is 0.667. The molecule has 1 aromatic rings. The predicted molar refractivity (Wildman–Crippen MR) is 94.3 cm³/mol. The maximum Gasteiger partial charge on any atom is 0.191 e. The number of hydrogen-bond donors (Lipinski definition) is 2. The van der Waals surface area contributed by atoms with Crippen molar-refractivity contribution >= 4 is 5.96 Å². The lowest BCUT2D eigenvalue weighted by atomic mass is 9.57. The smallest absolute Gasteiger partial charge is 0.191 e. The Morgan fingerprint density at radius 1 is 1.50 bits per heavy atom. The molecule has 1 aliphatic heterocycles. The quantitative estimate of drug-likeness (QED) is 0.473. The Morgan fingerprint density at radius 2 is 2.38 bits per heavy atom. The summed E-state index contributed by atoms with van der Waals surface area (Å²) in [6, 6.07) is 4.17. The zero-order valence-electron chi connectivity index (χ0n) is 14.8. The summed E-state index contributed by atoms with van der Waals surface area (Å²) in [7, 11) is 0. The minimum absolute atomic E-state index is 0.142. The van der Waals surface area contributed by atoms with Crippen LogP contribution in [-0.4, -0.2) is 49.4 Å². The Morgan fingerprint density at radius 3 is 3.12 bits per heavy atom. The van der Waals surface area contributed by atoms with Crippen LogP contribution in [0.2, 0.25) is 0 Å². The predicted octanol–water partition coefficient (Wildman–Crippen LogP) is 1.83. The van der Waals surface area contributed by atoms with Gasteiger partial charge in [0.25, 0.3) is 0 Å². The van der Waals surface area contributed by atoms with Crippen molar-refractivity contribution in [2.75, 3.05) is 26.3 Å². The van der Waals surface area contributed by atoms with Gasteiger partial charge < -0.3 is 20.1 Å². The molecule has 2 N–H and O–H groups in total. The number of ether oxygens (including phenoxy) is 2. The summed E-state index contributed by atoms with van der Waals surface area (Å²) in [5.74, 6) is 2.22. The molecule has 3 unspecified atom stereocenters. The highest BCUT2D eigenvalue weighted by atomic mass is 16.5. The molecule has 0 bridgehead atoms. The van der Waals surface area contributed by atoms with Crippen LogP contribution in [0.15, 0.2) is 29.5 Å². The number of aliphatic imine (C=N–C) groups is 1. The average Bonchev–Trinajstić information content (AvgIpc) is 3.04. The molecule has 24 heavy (non-hydrogen) atoms. The van der Waals surface area contributed by atoms with Crippen molar-refractivity contribution < 1.29 is 9.47 Å². The Hall–Kier alpha value is -1.82. The van der Waals surface area contributed by atoms with E-state index in [1.54, 1.807) is 12.4 Å². The van der Waals surface area contributed by atoms with Gasteiger partial charge >= 0.3 is 0 Å². The van der Waals surface area contributed by atoms with E-state index in [0.717, 1.165) is 31.3 Å². The normalized spacial score (nSPS) is 28.0. The summed E-state index contributed by atoms with van der Waals surface area (Å²) in [4.78, 5) is 8.67. The first-order valence-electron chi connectivity index (χ1n) is 8.82. The summed E-state index contributed by atoms with van der Waals surface area (Å²) in [6.07, 6.45) is 4.96. The Balaban J connectivity index is 1.52. The van der Waals surface area contributed by atoms with Crippen molar-refractivity contribution in [3.8, 4) is 5.75 Å². The molecule has 2 fully saturated rings. The second-order valence-corrected chi connectivity index (χ2v) is 6.99. The van der Waals surface area contributed by atoms with Gasteiger partial charge in [0.1, 0.15) is 12.4 Å². The minimum atomic E-state index is 0.142. The van der Waals surface area contributed by atoms with Gasteiger partial charge in [-0.3, -0.25) is 4.98 Å². The van der Waals surface area contributed by atoms with Crippen molar-refractivity contribution in [1.29, 1.82) is 0 Å². The number of pyridine rings is 1. The van der Waals surface area contributed by atoms with Gasteiger partial charge in [0.2, 0.25) is 0 Å². The Kier molecular flexibility index (Phi) is 5.23. The van der Waals surface area contributed by atoms with Crippen LogP contribution in [0.25, 0.3) is 0 Å². The third-order valence-corrected chi connectivity index (χ3v) is 5.00. The standard InChI is InChI=1S/C18H28N4O2/c1-4-20-17(21-9-11-23-13-6-5-8-19-12-13)22-15-14-7-10-24-16(14)18(15,2)3/h5-6,8,12,14-16H,4,7,9-11H2,1-3H3,(H2,20,21,22). The van der Waals surface area contributed by atoms with E-state index in [4.69, 9.17) is 9.47 Å². The van der Waals surface area contributed by atoms with Gasteiger partial charge in [0.15, 0.2) is 5.96 Å². The lowest BCUT2D eigenvalue weighted by Gasteiger charge is -2.54. The Labute approximate surface area is 144 Å². The topological polar surface area (TPSA) is 67.8 Å². The van der Waals surface area contributed by atoms with Crippen molar-refractivity contribution in [2.24, 2.45) is 16.3 Å². The highest BCUT2D eigenvalue weighted by Gasteiger charge is 2.59. The van der Waals surface area contributed by atoms with Gasteiger partial charge in [0, 0.05) is 36.7 Å². The molecule has 0 radical (unpaired) electrons. The summed E-state index contributed by atoms with van der Waals surface area (Å²) >= 11 is 0. The van der Waals surface area contributed by atoms with E-state index < -0.39 is 0 Å². The van der Waals surface area contributed by atoms with Gasteiger partial charge in [-0.25, -0.2) is 4.99 Å². The van der Waals surface area contributed by atoms with E-state index in [9.17, 15) is 0 Å². The molecule has 0 aromatic carbocycles. The monoisotopic (exact) mass is 332 g/mol. The van der Waals surface area contributed by atoms with E-state index >= 15 is 0 Å². The largest absolute Gasteiger partial charge is 0.490 e. The third kappa shape index (κ3) is 3.48. The number of aromatic nitrogens is 1. The zero-order valence-corrected chi connectivity index (χ0v) is 14.8. The Bertz CT molecular complexity index is 561. The first kappa shape index (κ1) is 17.0. The molecular formula is C18H28N4O2. The van der Waals surface area contributed by atoms with Crippen molar-refractivity contribution in [2.45, 2.75) is 39.3 Å². The molecule has 2 heterocycles. The van der Waals surface area contributed by atoms with Crippen LogP contribution in [-0.2, 0) is 4.74 Å². The van der Waals surface area contributed by atoms with Gasteiger partial charge in [-0.2, -0.15) is 0 Å².